The molecule has 1 aliphatic heterocycles. The number of para-hydroxylation sites is 1. The van der Waals surface area contributed by atoms with Gasteiger partial charge in [-0.15, -0.1) is 0 Å². The monoisotopic (exact) mass is 432 g/mol. The van der Waals surface area contributed by atoms with Gasteiger partial charge in [0.25, 0.3) is 11.5 Å². The van der Waals surface area contributed by atoms with E-state index in [1.54, 1.807) is 4.90 Å². The van der Waals surface area contributed by atoms with Crippen LogP contribution in [0.1, 0.15) is 60.7 Å². The van der Waals surface area contributed by atoms with Gasteiger partial charge in [-0.2, -0.15) is 0 Å². The molecule has 4 rings (SSSR count). The van der Waals surface area contributed by atoms with Crippen LogP contribution in [0.2, 0.25) is 0 Å². The molecule has 2 heterocycles. The topological polar surface area (TPSA) is 62.4 Å². The zero-order chi connectivity index (χ0) is 22.9. The Morgan fingerprint density at radius 1 is 1.16 bits per heavy atom. The summed E-state index contributed by atoms with van der Waals surface area (Å²) >= 11 is 0. The fourth-order valence-corrected chi connectivity index (χ4v) is 4.30. The van der Waals surface area contributed by atoms with E-state index in [9.17, 15) is 9.59 Å². The number of hydrogen-bond acceptors (Lipinski definition) is 3. The third kappa shape index (κ3) is 4.78. The number of nitrogens with zero attached hydrogens (tertiary/aromatic N) is 1. The van der Waals surface area contributed by atoms with Crippen molar-refractivity contribution in [3.05, 3.63) is 81.1 Å². The zero-order valence-corrected chi connectivity index (χ0v) is 19.4. The first-order valence-corrected chi connectivity index (χ1v) is 11.4. The highest BCUT2D eigenvalue weighted by Gasteiger charge is 2.25. The van der Waals surface area contributed by atoms with Crippen molar-refractivity contribution in [1.29, 1.82) is 0 Å². The van der Waals surface area contributed by atoms with Crippen molar-refractivity contribution in [2.24, 2.45) is 0 Å². The zero-order valence-electron chi connectivity index (χ0n) is 19.4. The summed E-state index contributed by atoms with van der Waals surface area (Å²) < 4.78 is 5.81. The van der Waals surface area contributed by atoms with Gasteiger partial charge in [-0.05, 0) is 59.9 Å². The largest absolute Gasteiger partial charge is 0.376 e. The number of ether oxygens (including phenoxy) is 1. The van der Waals surface area contributed by atoms with Crippen LogP contribution >= 0.6 is 0 Å². The quantitative estimate of drug-likeness (QED) is 0.620. The Morgan fingerprint density at radius 2 is 1.91 bits per heavy atom. The third-order valence-electron chi connectivity index (χ3n) is 6.26. The summed E-state index contributed by atoms with van der Waals surface area (Å²) in [7, 11) is 0. The number of aromatic nitrogens is 1. The first-order valence-electron chi connectivity index (χ1n) is 11.4. The third-order valence-corrected chi connectivity index (χ3v) is 6.26. The maximum Gasteiger partial charge on any atom is 0.254 e. The van der Waals surface area contributed by atoms with Crippen molar-refractivity contribution < 1.29 is 9.53 Å². The van der Waals surface area contributed by atoms with Crippen molar-refractivity contribution in [3.63, 3.8) is 0 Å². The average molecular weight is 433 g/mol. The first-order chi connectivity index (χ1) is 15.2. The predicted octanol–water partition coefficient (Wildman–Crippen LogP) is 4.96. The normalized spacial score (nSPS) is 16.4. The van der Waals surface area contributed by atoms with Crippen molar-refractivity contribution >= 4 is 16.8 Å². The van der Waals surface area contributed by atoms with Gasteiger partial charge in [0.15, 0.2) is 0 Å². The maximum absolute atomic E-state index is 13.5. The molecule has 0 saturated carbocycles. The summed E-state index contributed by atoms with van der Waals surface area (Å²) in [6.45, 7) is 9.89. The summed E-state index contributed by atoms with van der Waals surface area (Å²) in [5.41, 5.74) is 4.13. The predicted molar refractivity (Wildman–Crippen MR) is 128 cm³/mol. The minimum Gasteiger partial charge on any atom is -0.376 e. The molecule has 1 atom stereocenters. The number of amides is 1. The smallest absolute Gasteiger partial charge is 0.254 e. The molecule has 0 radical (unpaired) electrons. The standard InChI is InChI=1S/C27H32N2O3/c1-18-7-5-8-20-15-21(25(30)28-24(18)20)16-29(17-23-9-6-14-32-23)26(31)19-10-12-22(13-11-19)27(2,3)4/h5,7-8,10-13,15,23H,6,9,14,16-17H2,1-4H3,(H,28,30)/t23-/m0/s1. The van der Waals surface area contributed by atoms with Crippen LogP contribution in [0.5, 0.6) is 0 Å². The lowest BCUT2D eigenvalue weighted by atomic mass is 9.86. The van der Waals surface area contributed by atoms with Crippen LogP contribution in [-0.2, 0) is 16.7 Å². The van der Waals surface area contributed by atoms with Crippen LogP contribution in [0.3, 0.4) is 0 Å². The van der Waals surface area contributed by atoms with Gasteiger partial charge < -0.3 is 14.6 Å². The molecule has 5 nitrogen and oxygen atoms in total. The highest BCUT2D eigenvalue weighted by molar-refractivity contribution is 5.94. The molecular weight excluding hydrogens is 400 g/mol. The van der Waals surface area contributed by atoms with Gasteiger partial charge in [0.1, 0.15) is 0 Å². The number of rotatable bonds is 5. The number of carbonyl (C=O) groups excluding carboxylic acids is 1. The Balaban J connectivity index is 1.65. The lowest BCUT2D eigenvalue weighted by Gasteiger charge is -2.26. The summed E-state index contributed by atoms with van der Waals surface area (Å²) in [5.74, 6) is -0.0790. The molecule has 0 unspecified atom stereocenters. The highest BCUT2D eigenvalue weighted by Crippen LogP contribution is 2.24. The molecule has 2 aromatic carbocycles. The Hall–Kier alpha value is -2.92. The Labute approximate surface area is 189 Å². The number of aryl methyl sites for hydroxylation is 1. The molecule has 168 valence electrons. The second-order valence-corrected chi connectivity index (χ2v) is 9.81. The summed E-state index contributed by atoms with van der Waals surface area (Å²) in [6.07, 6.45) is 1.94. The van der Waals surface area contributed by atoms with E-state index in [1.807, 2.05) is 55.5 Å². The number of H-pyrrole nitrogens is 1. The minimum atomic E-state index is -0.153. The van der Waals surface area contributed by atoms with E-state index in [4.69, 9.17) is 4.74 Å². The van der Waals surface area contributed by atoms with Crippen molar-refractivity contribution in [2.45, 2.75) is 58.6 Å². The Morgan fingerprint density at radius 3 is 2.56 bits per heavy atom. The molecule has 5 heteroatoms. The van der Waals surface area contributed by atoms with E-state index in [0.29, 0.717) is 17.7 Å². The molecule has 3 aromatic rings. The maximum atomic E-state index is 13.5. The number of pyridine rings is 1. The lowest BCUT2D eigenvalue weighted by Crippen LogP contribution is -2.38. The number of carbonyl (C=O) groups is 1. The number of aromatic amines is 1. The molecule has 1 fully saturated rings. The number of fused-ring (bicyclic) bond motifs is 1. The minimum absolute atomic E-state index is 0.00887. The van der Waals surface area contributed by atoms with Crippen LogP contribution in [0.25, 0.3) is 10.9 Å². The lowest BCUT2D eigenvalue weighted by molar-refractivity contribution is 0.0506. The highest BCUT2D eigenvalue weighted by atomic mass is 16.5. The van der Waals surface area contributed by atoms with Crippen LogP contribution in [-0.4, -0.2) is 35.0 Å². The summed E-state index contributed by atoms with van der Waals surface area (Å²) in [5, 5.41) is 0.971. The summed E-state index contributed by atoms with van der Waals surface area (Å²) in [6, 6.07) is 15.7. The molecule has 0 aliphatic carbocycles. The van der Waals surface area contributed by atoms with Crippen LogP contribution in [0.4, 0.5) is 0 Å². The summed E-state index contributed by atoms with van der Waals surface area (Å²) in [4.78, 5) is 31.1. The number of benzene rings is 2. The van der Waals surface area contributed by atoms with E-state index in [-0.39, 0.29) is 29.5 Å². The van der Waals surface area contributed by atoms with E-state index in [0.717, 1.165) is 35.9 Å². The van der Waals surface area contributed by atoms with Gasteiger partial charge in [0, 0.05) is 24.3 Å². The van der Waals surface area contributed by atoms with Gasteiger partial charge in [-0.3, -0.25) is 9.59 Å². The average Bonchev–Trinajstić information content (AvgIpc) is 3.27. The molecule has 1 aromatic heterocycles. The van der Waals surface area contributed by atoms with Crippen molar-refractivity contribution in [2.75, 3.05) is 13.2 Å². The van der Waals surface area contributed by atoms with Crippen LogP contribution in [0, 0.1) is 6.92 Å². The molecule has 0 spiro atoms. The van der Waals surface area contributed by atoms with E-state index in [1.165, 1.54) is 5.56 Å². The molecule has 32 heavy (non-hydrogen) atoms. The molecule has 1 N–H and O–H groups in total. The van der Waals surface area contributed by atoms with Gasteiger partial charge in [-0.1, -0.05) is 51.1 Å². The fraction of sp³-hybridized carbons (Fsp3) is 0.407. The Bertz CT molecular complexity index is 1170. The molecule has 0 bridgehead atoms. The van der Waals surface area contributed by atoms with E-state index in [2.05, 4.69) is 25.8 Å². The molecule has 1 saturated heterocycles. The van der Waals surface area contributed by atoms with Gasteiger partial charge in [0.05, 0.1) is 18.2 Å². The van der Waals surface area contributed by atoms with Crippen LogP contribution in [0.15, 0.2) is 53.3 Å². The number of nitrogens with one attached hydrogen (secondary N) is 1. The molecule has 1 aliphatic rings. The second-order valence-electron chi connectivity index (χ2n) is 9.81. The first kappa shape index (κ1) is 22.3. The van der Waals surface area contributed by atoms with E-state index < -0.39 is 0 Å². The van der Waals surface area contributed by atoms with Gasteiger partial charge in [0.2, 0.25) is 0 Å². The number of hydrogen-bond donors (Lipinski definition) is 1. The SMILES string of the molecule is Cc1cccc2cc(CN(C[C@@H]3CCCO3)C(=O)c3ccc(C(C)(C)C)cc3)c(=O)[nH]c12. The van der Waals surface area contributed by atoms with Crippen molar-refractivity contribution in [3.8, 4) is 0 Å². The van der Waals surface area contributed by atoms with Crippen molar-refractivity contribution in [1.82, 2.24) is 9.88 Å². The van der Waals surface area contributed by atoms with Gasteiger partial charge >= 0.3 is 0 Å². The van der Waals surface area contributed by atoms with Crippen LogP contribution < -0.4 is 5.56 Å². The molecule has 1 amide bonds. The van der Waals surface area contributed by atoms with Gasteiger partial charge in [-0.25, -0.2) is 0 Å². The fourth-order valence-electron chi connectivity index (χ4n) is 4.30. The van der Waals surface area contributed by atoms with E-state index >= 15 is 0 Å². The second kappa shape index (κ2) is 8.91. The Kier molecular flexibility index (Phi) is 6.20. The molecular formula is C27H32N2O3.